The monoisotopic (exact) mass is 357 g/mol. The molecule has 126 valence electrons. The highest BCUT2D eigenvalue weighted by Crippen LogP contribution is 2.27. The van der Waals surface area contributed by atoms with E-state index < -0.39 is 0 Å². The highest BCUT2D eigenvalue weighted by Gasteiger charge is 2.12. The summed E-state index contributed by atoms with van der Waals surface area (Å²) in [4.78, 5) is 1.41. The van der Waals surface area contributed by atoms with Gasteiger partial charge in [-0.15, -0.1) is 21.5 Å². The van der Waals surface area contributed by atoms with Crippen LogP contribution in [0.2, 0.25) is 0 Å². The molecule has 0 aliphatic rings. The highest BCUT2D eigenvalue weighted by molar-refractivity contribution is 7.98. The Morgan fingerprint density at radius 2 is 1.83 bits per heavy atom. The van der Waals surface area contributed by atoms with Crippen LogP contribution in [0.1, 0.15) is 33.0 Å². The van der Waals surface area contributed by atoms with Crippen molar-refractivity contribution in [2.45, 2.75) is 51.6 Å². The smallest absolute Gasteiger partial charge is 0.191 e. The Morgan fingerprint density at radius 3 is 2.50 bits per heavy atom. The van der Waals surface area contributed by atoms with Gasteiger partial charge in [0, 0.05) is 17.2 Å². The molecule has 0 saturated carbocycles. The number of aryl methyl sites for hydroxylation is 5. The van der Waals surface area contributed by atoms with E-state index in [1.165, 1.54) is 27.1 Å². The number of benzene rings is 1. The fraction of sp³-hybridized carbons (Fsp3) is 0.368. The molecule has 5 heteroatoms. The third-order valence-electron chi connectivity index (χ3n) is 4.25. The Labute approximate surface area is 152 Å². The van der Waals surface area contributed by atoms with E-state index in [1.807, 2.05) is 18.3 Å². The molecule has 0 unspecified atom stereocenters. The summed E-state index contributed by atoms with van der Waals surface area (Å²) in [5, 5.41) is 11.8. The number of thiophene rings is 1. The van der Waals surface area contributed by atoms with E-state index in [1.54, 1.807) is 11.8 Å². The summed E-state index contributed by atoms with van der Waals surface area (Å²) < 4.78 is 2.24. The van der Waals surface area contributed by atoms with Crippen LogP contribution in [0.25, 0.3) is 0 Å². The summed E-state index contributed by atoms with van der Waals surface area (Å²) in [6, 6.07) is 8.82. The summed E-state index contributed by atoms with van der Waals surface area (Å²) in [5.41, 5.74) is 5.47. The largest absolute Gasteiger partial charge is 0.306 e. The number of nitrogens with zero attached hydrogens (tertiary/aromatic N) is 3. The second kappa shape index (κ2) is 7.53. The molecule has 0 N–H and O–H groups in total. The molecule has 0 aliphatic carbocycles. The average molecular weight is 358 g/mol. The normalized spacial score (nSPS) is 11.2. The Hall–Kier alpha value is -1.59. The molecule has 0 bridgehead atoms. The lowest BCUT2D eigenvalue weighted by Gasteiger charge is -2.12. The molecule has 2 heterocycles. The molecule has 0 aliphatic heterocycles. The van der Waals surface area contributed by atoms with E-state index in [9.17, 15) is 0 Å². The van der Waals surface area contributed by atoms with E-state index in [4.69, 9.17) is 0 Å². The van der Waals surface area contributed by atoms with Gasteiger partial charge in [0.2, 0.25) is 0 Å². The van der Waals surface area contributed by atoms with Gasteiger partial charge in [-0.3, -0.25) is 0 Å². The van der Waals surface area contributed by atoms with Crippen LogP contribution in [0.4, 0.5) is 0 Å². The van der Waals surface area contributed by atoms with Crippen molar-refractivity contribution in [1.82, 2.24) is 14.8 Å². The standard InChI is InChI=1S/C19H23N3S2/c1-13-10-14(2)18(15(3)11-13)12-24-19-21-20-16(4)22(19)8-7-17-6-5-9-23-17/h5-6,9-11H,7-8,12H2,1-4H3. The first-order chi connectivity index (χ1) is 11.5. The third kappa shape index (κ3) is 3.90. The summed E-state index contributed by atoms with van der Waals surface area (Å²) >= 11 is 3.60. The zero-order valence-electron chi connectivity index (χ0n) is 14.7. The molecule has 3 rings (SSSR count). The van der Waals surface area contributed by atoms with Crippen molar-refractivity contribution < 1.29 is 0 Å². The molecule has 0 radical (unpaired) electrons. The molecule has 2 aromatic heterocycles. The van der Waals surface area contributed by atoms with E-state index in [0.717, 1.165) is 29.7 Å². The molecule has 3 aromatic rings. The topological polar surface area (TPSA) is 30.7 Å². The van der Waals surface area contributed by atoms with Crippen molar-refractivity contribution in [1.29, 1.82) is 0 Å². The zero-order chi connectivity index (χ0) is 17.1. The molecule has 0 atom stereocenters. The maximum atomic E-state index is 4.39. The maximum Gasteiger partial charge on any atom is 0.191 e. The minimum Gasteiger partial charge on any atom is -0.306 e. The van der Waals surface area contributed by atoms with Crippen LogP contribution in [0.5, 0.6) is 0 Å². The van der Waals surface area contributed by atoms with Crippen molar-refractivity contribution >= 4 is 23.1 Å². The van der Waals surface area contributed by atoms with Crippen molar-refractivity contribution in [2.24, 2.45) is 0 Å². The summed E-state index contributed by atoms with van der Waals surface area (Å²) in [5.74, 6) is 1.93. The van der Waals surface area contributed by atoms with Crippen LogP contribution in [-0.4, -0.2) is 14.8 Å². The number of hydrogen-bond donors (Lipinski definition) is 0. The number of aromatic nitrogens is 3. The molecule has 0 fully saturated rings. The van der Waals surface area contributed by atoms with Crippen molar-refractivity contribution in [2.75, 3.05) is 0 Å². The Kier molecular flexibility index (Phi) is 5.41. The summed E-state index contributed by atoms with van der Waals surface area (Å²) in [6.07, 6.45) is 1.03. The first kappa shape index (κ1) is 17.2. The van der Waals surface area contributed by atoms with E-state index >= 15 is 0 Å². The van der Waals surface area contributed by atoms with Crippen LogP contribution >= 0.6 is 23.1 Å². The zero-order valence-corrected chi connectivity index (χ0v) is 16.3. The van der Waals surface area contributed by atoms with Gasteiger partial charge in [-0.25, -0.2) is 0 Å². The highest BCUT2D eigenvalue weighted by atomic mass is 32.2. The van der Waals surface area contributed by atoms with Gasteiger partial charge < -0.3 is 4.57 Å². The lowest BCUT2D eigenvalue weighted by atomic mass is 10.0. The van der Waals surface area contributed by atoms with Crippen molar-refractivity contribution in [3.63, 3.8) is 0 Å². The van der Waals surface area contributed by atoms with Gasteiger partial charge in [0.05, 0.1) is 0 Å². The van der Waals surface area contributed by atoms with E-state index in [2.05, 4.69) is 65.2 Å². The maximum absolute atomic E-state index is 4.39. The van der Waals surface area contributed by atoms with Crippen LogP contribution in [0.3, 0.4) is 0 Å². The Balaban J connectivity index is 1.72. The van der Waals surface area contributed by atoms with Crippen molar-refractivity contribution in [3.05, 3.63) is 62.6 Å². The predicted molar refractivity (Wildman–Crippen MR) is 103 cm³/mol. The third-order valence-corrected chi connectivity index (χ3v) is 6.18. The number of rotatable bonds is 6. The minimum atomic E-state index is 0.938. The first-order valence-electron chi connectivity index (χ1n) is 8.16. The first-order valence-corrected chi connectivity index (χ1v) is 10.0. The SMILES string of the molecule is Cc1cc(C)c(CSc2nnc(C)n2CCc2cccs2)c(C)c1. The lowest BCUT2D eigenvalue weighted by Crippen LogP contribution is -2.05. The molecular formula is C19H23N3S2. The number of hydrogen-bond acceptors (Lipinski definition) is 4. The Bertz CT molecular complexity index is 796. The summed E-state index contributed by atoms with van der Waals surface area (Å²) in [7, 11) is 0. The second-order valence-corrected chi connectivity index (χ2v) is 8.15. The molecule has 0 spiro atoms. The van der Waals surface area contributed by atoms with Gasteiger partial charge in [-0.2, -0.15) is 0 Å². The number of thioether (sulfide) groups is 1. The van der Waals surface area contributed by atoms with Crippen LogP contribution in [0, 0.1) is 27.7 Å². The van der Waals surface area contributed by atoms with E-state index in [-0.39, 0.29) is 0 Å². The van der Waals surface area contributed by atoms with E-state index in [0.29, 0.717) is 0 Å². The summed E-state index contributed by atoms with van der Waals surface area (Å²) in [6.45, 7) is 9.52. The van der Waals surface area contributed by atoms with Gasteiger partial charge in [0.1, 0.15) is 5.82 Å². The van der Waals surface area contributed by atoms with Crippen LogP contribution < -0.4 is 0 Å². The second-order valence-electron chi connectivity index (χ2n) is 6.18. The molecule has 0 saturated heterocycles. The van der Waals surface area contributed by atoms with Gasteiger partial charge in [0.25, 0.3) is 0 Å². The van der Waals surface area contributed by atoms with Gasteiger partial charge >= 0.3 is 0 Å². The molecule has 24 heavy (non-hydrogen) atoms. The lowest BCUT2D eigenvalue weighted by molar-refractivity contribution is 0.621. The quantitative estimate of drug-likeness (QED) is 0.575. The van der Waals surface area contributed by atoms with Crippen molar-refractivity contribution in [3.8, 4) is 0 Å². The van der Waals surface area contributed by atoms with Crippen LogP contribution in [0.15, 0.2) is 34.8 Å². The Morgan fingerprint density at radius 1 is 1.08 bits per heavy atom. The average Bonchev–Trinajstić information content (AvgIpc) is 3.14. The molecule has 0 amide bonds. The van der Waals surface area contributed by atoms with Gasteiger partial charge in [0.15, 0.2) is 5.16 Å². The fourth-order valence-electron chi connectivity index (χ4n) is 2.98. The van der Waals surface area contributed by atoms with Crippen LogP contribution in [-0.2, 0) is 18.7 Å². The molecule has 3 nitrogen and oxygen atoms in total. The molecule has 1 aromatic carbocycles. The van der Waals surface area contributed by atoms with Gasteiger partial charge in [-0.1, -0.05) is 35.5 Å². The van der Waals surface area contributed by atoms with Gasteiger partial charge in [-0.05, 0) is 62.3 Å². The minimum absolute atomic E-state index is 0.938. The fourth-order valence-corrected chi connectivity index (χ4v) is 4.88. The predicted octanol–water partition coefficient (Wildman–Crippen LogP) is 5.11. The molecular weight excluding hydrogens is 334 g/mol.